The molecule has 1 heterocycles. The summed E-state index contributed by atoms with van der Waals surface area (Å²) >= 11 is 0. The first-order chi connectivity index (χ1) is 13.2. The molecule has 0 aliphatic heterocycles. The highest BCUT2D eigenvalue weighted by atomic mass is 19.1. The molecule has 0 atom stereocenters. The fraction of sp³-hybridized carbons (Fsp3) is 0. The second-order valence-corrected chi connectivity index (χ2v) is 5.67. The Kier molecular flexibility index (Phi) is 3.66. The maximum atomic E-state index is 13.2. The minimum atomic E-state index is -0.331. The molecule has 1 aliphatic carbocycles. The molecule has 2 aromatic carbocycles. The van der Waals surface area contributed by atoms with E-state index in [0.717, 1.165) is 11.1 Å². The van der Waals surface area contributed by atoms with E-state index in [-0.39, 0.29) is 17.2 Å². The summed E-state index contributed by atoms with van der Waals surface area (Å²) in [5.74, 6) is -0.331. The van der Waals surface area contributed by atoms with Gasteiger partial charge < -0.3 is 0 Å². The molecule has 6 nitrogen and oxygen atoms in total. The molecule has 0 N–H and O–H groups in total. The second kappa shape index (κ2) is 6.15. The lowest BCUT2D eigenvalue weighted by molar-refractivity contribution is 0.628. The van der Waals surface area contributed by atoms with Crippen LogP contribution in [-0.4, -0.2) is 15.7 Å². The number of hydrogen-bond donors (Lipinski definition) is 0. The summed E-state index contributed by atoms with van der Waals surface area (Å²) in [5.41, 5.74) is 3.67. The van der Waals surface area contributed by atoms with Gasteiger partial charge in [0.15, 0.2) is 11.4 Å². The number of aromatic nitrogens is 2. The van der Waals surface area contributed by atoms with Crippen LogP contribution in [0.5, 0.6) is 0 Å². The van der Waals surface area contributed by atoms with Crippen LogP contribution in [0.2, 0.25) is 0 Å². The van der Waals surface area contributed by atoms with Crippen LogP contribution >= 0.6 is 0 Å². The van der Waals surface area contributed by atoms with Crippen molar-refractivity contribution in [2.45, 2.75) is 0 Å². The summed E-state index contributed by atoms with van der Waals surface area (Å²) in [6.45, 7) is 0. The van der Waals surface area contributed by atoms with Gasteiger partial charge in [0.2, 0.25) is 6.19 Å². The third-order valence-electron chi connectivity index (χ3n) is 4.20. The van der Waals surface area contributed by atoms with Crippen molar-refractivity contribution in [1.82, 2.24) is 9.97 Å². The number of nitrogens with zero attached hydrogens (tertiary/aromatic N) is 6. The summed E-state index contributed by atoms with van der Waals surface area (Å²) in [4.78, 5) is 12.3. The third-order valence-corrected chi connectivity index (χ3v) is 4.20. The molecule has 7 heteroatoms. The molecule has 124 valence electrons. The molecule has 1 aromatic heterocycles. The Hall–Kier alpha value is -4.41. The topological polar surface area (TPSA) is 110 Å². The summed E-state index contributed by atoms with van der Waals surface area (Å²) in [6.07, 6.45) is 1.74. The Balaban J connectivity index is 1.98. The first-order valence-electron chi connectivity index (χ1n) is 7.76. The Morgan fingerprint density at radius 1 is 0.778 bits per heavy atom. The molecule has 0 amide bonds. The van der Waals surface area contributed by atoms with E-state index in [1.54, 1.807) is 24.4 Å². The Morgan fingerprint density at radius 3 is 2.04 bits per heavy atom. The van der Waals surface area contributed by atoms with E-state index in [4.69, 9.17) is 5.26 Å². The number of hydrogen-bond acceptors (Lipinski definition) is 6. The fourth-order valence-corrected chi connectivity index (χ4v) is 3.00. The van der Waals surface area contributed by atoms with Crippen molar-refractivity contribution in [3.05, 3.63) is 70.9 Å². The van der Waals surface area contributed by atoms with Gasteiger partial charge in [-0.3, -0.25) is 0 Å². The lowest BCUT2D eigenvalue weighted by atomic mass is 9.99. The molecule has 4 rings (SSSR count). The second-order valence-electron chi connectivity index (χ2n) is 5.67. The van der Waals surface area contributed by atoms with Crippen molar-refractivity contribution in [3.8, 4) is 40.7 Å². The van der Waals surface area contributed by atoms with Crippen LogP contribution in [0, 0.1) is 39.9 Å². The van der Waals surface area contributed by atoms with Crippen LogP contribution < -0.4 is 0 Å². The number of nitriles is 3. The van der Waals surface area contributed by atoms with Crippen molar-refractivity contribution in [2.24, 2.45) is 4.99 Å². The summed E-state index contributed by atoms with van der Waals surface area (Å²) < 4.78 is 13.2. The fourth-order valence-electron chi connectivity index (χ4n) is 3.00. The van der Waals surface area contributed by atoms with Gasteiger partial charge in [-0.05, 0) is 29.3 Å². The number of benzene rings is 2. The molecule has 3 aromatic rings. The van der Waals surface area contributed by atoms with Gasteiger partial charge in [0.25, 0.3) is 0 Å². The quantitative estimate of drug-likeness (QED) is 0.489. The van der Waals surface area contributed by atoms with E-state index in [1.807, 2.05) is 24.3 Å². The monoisotopic (exact) mass is 350 g/mol. The van der Waals surface area contributed by atoms with E-state index < -0.39 is 0 Å². The molecule has 0 saturated heterocycles. The zero-order valence-electron chi connectivity index (χ0n) is 13.6. The summed E-state index contributed by atoms with van der Waals surface area (Å²) in [7, 11) is 0. The van der Waals surface area contributed by atoms with Crippen molar-refractivity contribution in [1.29, 1.82) is 15.8 Å². The van der Waals surface area contributed by atoms with Crippen molar-refractivity contribution >= 4 is 5.71 Å². The lowest BCUT2D eigenvalue weighted by Gasteiger charge is -2.05. The van der Waals surface area contributed by atoms with E-state index in [0.29, 0.717) is 28.2 Å². The zero-order valence-corrected chi connectivity index (χ0v) is 13.6. The van der Waals surface area contributed by atoms with Gasteiger partial charge in [-0.25, -0.2) is 14.4 Å². The molecular weight excluding hydrogens is 343 g/mol. The Bertz CT molecular complexity index is 1250. The predicted octanol–water partition coefficient (Wildman–Crippen LogP) is 3.32. The number of fused-ring (bicyclic) bond motifs is 3. The molecule has 1 aliphatic rings. The number of halogens is 1. The van der Waals surface area contributed by atoms with Crippen molar-refractivity contribution in [3.63, 3.8) is 0 Å². The molecule has 27 heavy (non-hydrogen) atoms. The van der Waals surface area contributed by atoms with Crippen molar-refractivity contribution < 1.29 is 4.39 Å². The van der Waals surface area contributed by atoms with Crippen LogP contribution in [0.4, 0.5) is 4.39 Å². The SMILES string of the molecule is N#CN=C1c2ccc(-c3ccc(F)cc3)cc2-c2nc(C#N)c(C#N)nc21. The van der Waals surface area contributed by atoms with Crippen molar-refractivity contribution in [2.75, 3.05) is 0 Å². The summed E-state index contributed by atoms with van der Waals surface area (Å²) in [5, 5.41) is 27.5. The smallest absolute Gasteiger partial charge is 0.206 e. The van der Waals surface area contributed by atoms with E-state index in [9.17, 15) is 14.9 Å². The third kappa shape index (κ3) is 2.50. The highest BCUT2D eigenvalue weighted by molar-refractivity contribution is 6.23. The molecule has 0 unspecified atom stereocenters. The van der Waals surface area contributed by atoms with Crippen LogP contribution in [0.15, 0.2) is 47.5 Å². The minimum Gasteiger partial charge on any atom is -0.232 e. The molecule has 0 bridgehead atoms. The highest BCUT2D eigenvalue weighted by Crippen LogP contribution is 2.37. The average Bonchev–Trinajstić information content (AvgIpc) is 3.00. The standard InChI is InChI=1S/C20H7FN6/c21-13-4-1-11(2-5-13)12-3-6-14-15(7-12)19-20(18(14)25-10-24)27-17(9-23)16(8-22)26-19/h1-7H. The molecule has 0 spiro atoms. The maximum absolute atomic E-state index is 13.2. The van der Waals surface area contributed by atoms with Gasteiger partial charge in [-0.1, -0.05) is 24.3 Å². The van der Waals surface area contributed by atoms with Crippen LogP contribution in [0.3, 0.4) is 0 Å². The van der Waals surface area contributed by atoms with Gasteiger partial charge in [-0.2, -0.15) is 20.8 Å². The molecule has 0 radical (unpaired) electrons. The molecule has 0 saturated carbocycles. The number of rotatable bonds is 1. The largest absolute Gasteiger partial charge is 0.232 e. The first kappa shape index (κ1) is 16.1. The first-order valence-corrected chi connectivity index (χ1v) is 7.76. The average molecular weight is 350 g/mol. The van der Waals surface area contributed by atoms with Crippen LogP contribution in [0.25, 0.3) is 22.4 Å². The number of aliphatic imine (C=N–C) groups is 1. The van der Waals surface area contributed by atoms with E-state index >= 15 is 0 Å². The normalized spacial score (nSPS) is 12.6. The highest BCUT2D eigenvalue weighted by Gasteiger charge is 2.30. The predicted molar refractivity (Wildman–Crippen MR) is 93.5 cm³/mol. The minimum absolute atomic E-state index is 0.0902. The van der Waals surface area contributed by atoms with E-state index in [2.05, 4.69) is 15.0 Å². The Labute approximate surface area is 153 Å². The zero-order chi connectivity index (χ0) is 19.0. The molecular formula is C20H7FN6. The van der Waals surface area contributed by atoms with Gasteiger partial charge in [-0.15, -0.1) is 0 Å². The summed E-state index contributed by atoms with van der Waals surface area (Å²) in [6, 6.07) is 15.2. The van der Waals surface area contributed by atoms with Crippen LogP contribution in [-0.2, 0) is 0 Å². The van der Waals surface area contributed by atoms with Crippen LogP contribution in [0.1, 0.15) is 22.6 Å². The van der Waals surface area contributed by atoms with Gasteiger partial charge >= 0.3 is 0 Å². The lowest BCUT2D eigenvalue weighted by Crippen LogP contribution is -2.05. The van der Waals surface area contributed by atoms with Gasteiger partial charge in [0.1, 0.15) is 35.1 Å². The Morgan fingerprint density at radius 2 is 1.41 bits per heavy atom. The van der Waals surface area contributed by atoms with Gasteiger partial charge in [0.05, 0.1) is 0 Å². The molecule has 0 fully saturated rings. The van der Waals surface area contributed by atoms with E-state index in [1.165, 1.54) is 12.1 Å². The van der Waals surface area contributed by atoms with Gasteiger partial charge in [0, 0.05) is 11.1 Å². The maximum Gasteiger partial charge on any atom is 0.206 e.